The second-order valence-electron chi connectivity index (χ2n) is 18.7. The molecule has 0 bridgehead atoms. The van der Waals surface area contributed by atoms with E-state index in [0.29, 0.717) is 5.75 Å². The van der Waals surface area contributed by atoms with Crippen molar-refractivity contribution in [3.05, 3.63) is 169 Å². The molecule has 0 N–H and O–H groups in total. The normalized spacial score (nSPS) is 12.5. The second kappa shape index (κ2) is 14.1. The van der Waals surface area contributed by atoms with Crippen LogP contribution in [0.2, 0.25) is 0 Å². The molecule has 5 aromatic carbocycles. The summed E-state index contributed by atoms with van der Waals surface area (Å²) in [7, 11) is 0. The highest BCUT2D eigenvalue weighted by Gasteiger charge is 2.24. The Morgan fingerprint density at radius 2 is 1.17 bits per heavy atom. The maximum absolute atomic E-state index is 6.69. The average Bonchev–Trinajstić information content (AvgIpc) is 3.76. The number of benzene rings is 5. The molecule has 0 aliphatic heterocycles. The van der Waals surface area contributed by atoms with E-state index < -0.39 is 0 Å². The van der Waals surface area contributed by atoms with Crippen molar-refractivity contribution in [1.82, 2.24) is 19.1 Å². The van der Waals surface area contributed by atoms with Crippen LogP contribution >= 0.6 is 0 Å². The van der Waals surface area contributed by atoms with E-state index in [0.717, 1.165) is 55.9 Å². The molecule has 9 rings (SSSR count). The third-order valence-electron chi connectivity index (χ3n) is 11.3. The Hall–Kier alpha value is -6.53. The molecule has 0 atom stereocenters. The quantitative estimate of drug-likeness (QED) is 0.125. The maximum Gasteiger partial charge on any atom is 0.271 e. The van der Waals surface area contributed by atoms with Crippen molar-refractivity contribution >= 4 is 32.8 Å². The maximum atomic E-state index is 6.69. The lowest BCUT2D eigenvalue weighted by Gasteiger charge is -2.26. The van der Waals surface area contributed by atoms with E-state index in [-0.39, 0.29) is 16.2 Å². The third-order valence-corrected chi connectivity index (χ3v) is 11.3. The Labute approximate surface area is 347 Å². The molecule has 0 amide bonds. The molecule has 0 saturated carbocycles. The van der Waals surface area contributed by atoms with Crippen molar-refractivity contribution in [3.63, 3.8) is 0 Å². The van der Waals surface area contributed by atoms with Crippen LogP contribution in [0.1, 0.15) is 79.0 Å². The molecule has 9 aromatic rings. The summed E-state index contributed by atoms with van der Waals surface area (Å²) < 4.78 is 13.2. The Morgan fingerprint density at radius 3 is 1.86 bits per heavy atom. The first kappa shape index (κ1) is 38.0. The van der Waals surface area contributed by atoms with Gasteiger partial charge >= 0.3 is 0 Å². The van der Waals surface area contributed by atoms with E-state index in [4.69, 9.17) is 14.7 Å². The molecule has 0 aliphatic carbocycles. The van der Waals surface area contributed by atoms with Crippen LogP contribution in [-0.2, 0) is 16.2 Å². The van der Waals surface area contributed by atoms with Gasteiger partial charge in [-0.3, -0.25) is 18.7 Å². The number of nitrogens with zero attached hydrogens (tertiary/aromatic N) is 5. The smallest absolute Gasteiger partial charge is 0.271 e. The minimum Gasteiger partial charge on any atom is -0.458 e. The van der Waals surface area contributed by atoms with Gasteiger partial charge in [0.15, 0.2) is 5.82 Å². The van der Waals surface area contributed by atoms with Crippen molar-refractivity contribution in [2.75, 3.05) is 0 Å². The van der Waals surface area contributed by atoms with E-state index in [2.05, 4.69) is 179 Å². The summed E-state index contributed by atoms with van der Waals surface area (Å²) in [5, 5.41) is 2.29. The lowest BCUT2D eigenvalue weighted by atomic mass is 9.80. The lowest BCUT2D eigenvalue weighted by molar-refractivity contribution is -0.572. The molecule has 59 heavy (non-hydrogen) atoms. The number of fused-ring (bicyclic) bond motifs is 4. The molecule has 0 aliphatic rings. The summed E-state index contributed by atoms with van der Waals surface area (Å²) in [5.41, 5.74) is 11.4. The first-order valence-corrected chi connectivity index (χ1v) is 20.5. The third kappa shape index (κ3) is 7.18. The van der Waals surface area contributed by atoms with E-state index in [1.807, 2.05) is 48.8 Å². The van der Waals surface area contributed by atoms with Gasteiger partial charge in [0, 0.05) is 35.3 Å². The Balaban J connectivity index is 1.15. The predicted octanol–water partition coefficient (Wildman–Crippen LogP) is 12.9. The van der Waals surface area contributed by atoms with Crippen molar-refractivity contribution < 1.29 is 9.30 Å². The predicted molar refractivity (Wildman–Crippen MR) is 242 cm³/mol. The molecule has 4 heterocycles. The molecule has 0 radical (unpaired) electrons. The molecule has 4 aromatic heterocycles. The van der Waals surface area contributed by atoms with Gasteiger partial charge in [-0.1, -0.05) is 123 Å². The van der Waals surface area contributed by atoms with Gasteiger partial charge in [-0.2, -0.15) is 0 Å². The highest BCUT2D eigenvalue weighted by molar-refractivity contribution is 6.10. The minimum absolute atomic E-state index is 0.0289. The second-order valence-corrected chi connectivity index (χ2v) is 18.7. The zero-order chi connectivity index (χ0) is 41.3. The monoisotopic (exact) mass is 773 g/mol. The van der Waals surface area contributed by atoms with Crippen molar-refractivity contribution in [2.24, 2.45) is 0 Å². The number of aromatic nitrogens is 5. The minimum atomic E-state index is -0.0302. The van der Waals surface area contributed by atoms with Gasteiger partial charge in [0.05, 0.1) is 27.8 Å². The lowest BCUT2D eigenvalue weighted by Crippen LogP contribution is -2.31. The Bertz CT molecular complexity index is 2980. The molecule has 0 unspecified atom stereocenters. The number of hydrogen-bond acceptors (Lipinski definition) is 3. The Kier molecular flexibility index (Phi) is 9.08. The van der Waals surface area contributed by atoms with Crippen LogP contribution in [0.3, 0.4) is 0 Å². The highest BCUT2D eigenvalue weighted by atomic mass is 16.5. The number of rotatable bonds is 6. The zero-order valence-electron chi connectivity index (χ0n) is 35.5. The number of imidazole rings is 1. The summed E-state index contributed by atoms with van der Waals surface area (Å²) in [6.07, 6.45) is 7.38. The van der Waals surface area contributed by atoms with Crippen LogP contribution in [-0.4, -0.2) is 19.1 Å². The van der Waals surface area contributed by atoms with Gasteiger partial charge in [-0.25, -0.2) is 4.98 Å². The first-order valence-electron chi connectivity index (χ1n) is 20.5. The van der Waals surface area contributed by atoms with Gasteiger partial charge in [0.25, 0.3) is 6.33 Å². The molecular weight excluding hydrogens is 723 g/mol. The topological polar surface area (TPSA) is 48.8 Å². The van der Waals surface area contributed by atoms with Gasteiger partial charge in [0.1, 0.15) is 17.3 Å². The van der Waals surface area contributed by atoms with Crippen LogP contribution in [0.4, 0.5) is 0 Å². The number of pyridine rings is 2. The molecular formula is C53H51N5O. The molecule has 0 spiro atoms. The van der Waals surface area contributed by atoms with Gasteiger partial charge in [-0.15, -0.1) is 0 Å². The average molecular weight is 774 g/mol. The van der Waals surface area contributed by atoms with Gasteiger partial charge in [-0.05, 0) is 105 Å². The zero-order valence-corrected chi connectivity index (χ0v) is 35.5. The molecule has 0 saturated heterocycles. The van der Waals surface area contributed by atoms with Crippen molar-refractivity contribution in [1.29, 1.82) is 0 Å². The van der Waals surface area contributed by atoms with Gasteiger partial charge < -0.3 is 4.74 Å². The van der Waals surface area contributed by atoms with Crippen LogP contribution in [0.25, 0.3) is 61.3 Å². The summed E-state index contributed by atoms with van der Waals surface area (Å²) >= 11 is 0. The molecule has 6 heteroatoms. The summed E-state index contributed by atoms with van der Waals surface area (Å²) in [6.45, 7) is 20.4. The first-order chi connectivity index (χ1) is 28.1. The van der Waals surface area contributed by atoms with Crippen LogP contribution in [0, 0.1) is 6.33 Å². The van der Waals surface area contributed by atoms with E-state index in [9.17, 15) is 0 Å². The molecule has 294 valence electrons. The fourth-order valence-corrected chi connectivity index (χ4v) is 7.87. The summed E-state index contributed by atoms with van der Waals surface area (Å²) in [4.78, 5) is 9.65. The fourth-order valence-electron chi connectivity index (χ4n) is 7.87. The van der Waals surface area contributed by atoms with Crippen LogP contribution in [0.15, 0.2) is 146 Å². The van der Waals surface area contributed by atoms with E-state index in [1.54, 1.807) is 0 Å². The SMILES string of the molecule is CC(C)(C)c1cc(-[n+]2[c-]n(-c3cc(Oc4ccc5c6cc(-c7ccccc7)ccc6n(-c6ccccn6)c5c4)ccn3)c3ccc(C(C)(C)C)cc32)cc(C(C)(C)C)c1. The number of hydrogen-bond donors (Lipinski definition) is 0. The summed E-state index contributed by atoms with van der Waals surface area (Å²) in [6, 6.07) is 47.1. The van der Waals surface area contributed by atoms with E-state index in [1.165, 1.54) is 27.8 Å². The van der Waals surface area contributed by atoms with Crippen molar-refractivity contribution in [3.8, 4) is 39.9 Å². The fraction of sp³-hybridized carbons (Fsp3) is 0.226. The highest BCUT2D eigenvalue weighted by Crippen LogP contribution is 2.38. The van der Waals surface area contributed by atoms with Crippen molar-refractivity contribution in [2.45, 2.75) is 78.6 Å². The standard InChI is InChI=1S/C53H51N5O/c1-51(2,3)37-19-23-46-48(31-37)56(40-29-38(52(4,5)6)28-39(30-40)53(7,8)9)34-57(46)50-33-42(24-26-55-50)59-41-20-21-43-44-27-36(35-15-11-10-12-16-35)18-22-45(44)58(47(43)32-41)49-17-13-14-25-54-49/h10-33H,1-9H3. The van der Waals surface area contributed by atoms with E-state index >= 15 is 0 Å². The largest absolute Gasteiger partial charge is 0.458 e. The summed E-state index contributed by atoms with van der Waals surface area (Å²) in [5.74, 6) is 2.97. The Morgan fingerprint density at radius 1 is 0.492 bits per heavy atom. The van der Waals surface area contributed by atoms with Crippen LogP contribution < -0.4 is 9.30 Å². The van der Waals surface area contributed by atoms with Gasteiger partial charge in [0.2, 0.25) is 0 Å². The molecule has 0 fully saturated rings. The number of ether oxygens (including phenoxy) is 1. The van der Waals surface area contributed by atoms with Crippen LogP contribution in [0.5, 0.6) is 11.5 Å². The molecule has 6 nitrogen and oxygen atoms in total.